The van der Waals surface area contributed by atoms with Crippen molar-refractivity contribution in [2.75, 3.05) is 7.11 Å². The van der Waals surface area contributed by atoms with E-state index in [9.17, 15) is 4.79 Å². The Labute approximate surface area is 207 Å². The summed E-state index contributed by atoms with van der Waals surface area (Å²) in [6.45, 7) is 0. The Morgan fingerprint density at radius 3 is 2.14 bits per heavy atom. The van der Waals surface area contributed by atoms with Gasteiger partial charge in [-0.05, 0) is 42.0 Å². The van der Waals surface area contributed by atoms with Gasteiger partial charge in [0.15, 0.2) is 16.8 Å². The fourth-order valence-electron chi connectivity index (χ4n) is 3.76. The van der Waals surface area contributed by atoms with Gasteiger partial charge in [0.1, 0.15) is 11.0 Å². The first-order chi connectivity index (χ1) is 17.2. The number of hydrogen-bond acceptors (Lipinski definition) is 6. The van der Waals surface area contributed by atoms with Crippen molar-refractivity contribution in [2.24, 2.45) is 0 Å². The Morgan fingerprint density at radius 2 is 1.49 bits per heavy atom. The second-order valence-electron chi connectivity index (χ2n) is 7.71. The van der Waals surface area contributed by atoms with Gasteiger partial charge in [-0.1, -0.05) is 72.4 Å². The van der Waals surface area contributed by atoms with Crippen LogP contribution in [0.1, 0.15) is 21.2 Å². The summed E-state index contributed by atoms with van der Waals surface area (Å²) in [7, 11) is 1.64. The number of pyridine rings is 1. The highest BCUT2D eigenvalue weighted by Gasteiger charge is 2.27. The molecule has 2 aromatic heterocycles. The Bertz CT molecular complexity index is 1410. The molecule has 0 aliphatic rings. The fourth-order valence-corrected chi connectivity index (χ4v) is 4.89. The fraction of sp³-hybridized carbons (Fsp3) is 0.0714. The van der Waals surface area contributed by atoms with E-state index in [4.69, 9.17) is 4.74 Å². The molecule has 0 saturated carbocycles. The average Bonchev–Trinajstić information content (AvgIpc) is 3.36. The van der Waals surface area contributed by atoms with Gasteiger partial charge >= 0.3 is 0 Å². The molecular weight excluding hydrogens is 456 g/mol. The van der Waals surface area contributed by atoms with E-state index in [1.807, 2.05) is 102 Å². The number of carbonyl (C=O) groups excluding carboxylic acids is 1. The zero-order chi connectivity index (χ0) is 24.0. The third-order valence-electron chi connectivity index (χ3n) is 5.52. The number of nitrogens with zero attached hydrogens (tertiary/aromatic N) is 4. The van der Waals surface area contributed by atoms with E-state index in [2.05, 4.69) is 15.2 Å². The highest BCUT2D eigenvalue weighted by molar-refractivity contribution is 8.00. The van der Waals surface area contributed by atoms with Crippen molar-refractivity contribution in [1.82, 2.24) is 19.7 Å². The molecule has 0 aliphatic carbocycles. The van der Waals surface area contributed by atoms with Gasteiger partial charge in [-0.2, -0.15) is 0 Å². The monoisotopic (exact) mass is 478 g/mol. The first-order valence-electron chi connectivity index (χ1n) is 11.1. The molecule has 2 heterocycles. The highest BCUT2D eigenvalue weighted by atomic mass is 32.2. The Morgan fingerprint density at radius 1 is 0.829 bits per heavy atom. The Kier molecular flexibility index (Phi) is 6.68. The summed E-state index contributed by atoms with van der Waals surface area (Å²) in [5, 5.41) is 9.15. The van der Waals surface area contributed by atoms with Crippen LogP contribution in [0.5, 0.6) is 5.75 Å². The molecule has 0 aliphatic heterocycles. The first kappa shape index (κ1) is 22.6. The topological polar surface area (TPSA) is 69.9 Å². The van der Waals surface area contributed by atoms with Crippen LogP contribution < -0.4 is 4.74 Å². The van der Waals surface area contributed by atoms with Gasteiger partial charge in [0.25, 0.3) is 0 Å². The van der Waals surface area contributed by atoms with Gasteiger partial charge in [0.2, 0.25) is 0 Å². The molecule has 3 aromatic carbocycles. The predicted molar refractivity (Wildman–Crippen MR) is 137 cm³/mol. The molecule has 0 N–H and O–H groups in total. The van der Waals surface area contributed by atoms with Crippen molar-refractivity contribution in [1.29, 1.82) is 0 Å². The van der Waals surface area contributed by atoms with Crippen molar-refractivity contribution < 1.29 is 9.53 Å². The maximum absolute atomic E-state index is 13.7. The summed E-state index contributed by atoms with van der Waals surface area (Å²) in [6.07, 6.45) is 3.45. The number of carbonyl (C=O) groups is 1. The minimum absolute atomic E-state index is 0.0107. The lowest BCUT2D eigenvalue weighted by molar-refractivity contribution is 0.0989. The van der Waals surface area contributed by atoms with Crippen molar-refractivity contribution in [3.05, 3.63) is 121 Å². The van der Waals surface area contributed by atoms with Gasteiger partial charge in [0.05, 0.1) is 7.11 Å². The SMILES string of the molecule is COc1ccc(-n2c(S[C@@H](C(=O)c3ccccc3)c3ccccc3)nnc2-c2ccncc2)cc1. The molecule has 6 nitrogen and oxygen atoms in total. The average molecular weight is 479 g/mol. The van der Waals surface area contributed by atoms with Gasteiger partial charge in [-0.25, -0.2) is 0 Å². The third kappa shape index (κ3) is 4.85. The molecular formula is C28H22N4O2S. The second kappa shape index (κ2) is 10.4. The maximum atomic E-state index is 13.7. The van der Waals surface area contributed by atoms with Crippen molar-refractivity contribution >= 4 is 17.5 Å². The van der Waals surface area contributed by atoms with Crippen molar-refractivity contribution in [3.63, 3.8) is 0 Å². The lowest BCUT2D eigenvalue weighted by atomic mass is 10.0. The third-order valence-corrected chi connectivity index (χ3v) is 6.72. The van der Waals surface area contributed by atoms with Crippen molar-refractivity contribution in [3.8, 4) is 22.8 Å². The lowest BCUT2D eigenvalue weighted by Crippen LogP contribution is -2.11. The minimum atomic E-state index is -0.495. The van der Waals surface area contributed by atoms with E-state index >= 15 is 0 Å². The van der Waals surface area contributed by atoms with E-state index in [0.717, 1.165) is 22.6 Å². The summed E-state index contributed by atoms with van der Waals surface area (Å²) in [6, 6.07) is 30.6. The first-order valence-corrected chi connectivity index (χ1v) is 11.9. The minimum Gasteiger partial charge on any atom is -0.497 e. The summed E-state index contributed by atoms with van der Waals surface area (Å²) in [5.74, 6) is 1.43. The van der Waals surface area contributed by atoms with Gasteiger partial charge in [-0.15, -0.1) is 10.2 Å². The number of benzene rings is 3. The smallest absolute Gasteiger partial charge is 0.197 e. The Balaban J connectivity index is 1.62. The van der Waals surface area contributed by atoms with Gasteiger partial charge < -0.3 is 4.74 Å². The molecule has 7 heteroatoms. The lowest BCUT2D eigenvalue weighted by Gasteiger charge is -2.17. The van der Waals surface area contributed by atoms with Crippen LogP contribution in [-0.2, 0) is 0 Å². The standard InChI is InChI=1S/C28H22N4O2S/c1-34-24-14-12-23(13-15-24)32-27(22-16-18-29-19-17-22)30-31-28(32)35-26(21-10-6-3-7-11-21)25(33)20-8-4-2-5-9-20/h2-19,26H,1H3/t26-/m1/s1. The molecule has 172 valence electrons. The number of ketones is 1. The van der Waals surface area contributed by atoms with Crippen LogP contribution in [0.25, 0.3) is 17.1 Å². The zero-order valence-electron chi connectivity index (χ0n) is 19.0. The van der Waals surface area contributed by atoms with E-state index in [0.29, 0.717) is 16.5 Å². The van der Waals surface area contributed by atoms with Crippen LogP contribution in [0.15, 0.2) is 115 Å². The zero-order valence-corrected chi connectivity index (χ0v) is 19.8. The largest absolute Gasteiger partial charge is 0.497 e. The number of methoxy groups -OCH3 is 1. The molecule has 0 saturated heterocycles. The van der Waals surface area contributed by atoms with Crippen molar-refractivity contribution in [2.45, 2.75) is 10.4 Å². The van der Waals surface area contributed by atoms with Crippen LogP contribution >= 0.6 is 11.8 Å². The summed E-state index contributed by atoms with van der Waals surface area (Å²) in [4.78, 5) is 17.8. The molecule has 0 fully saturated rings. The van der Waals surface area contributed by atoms with Crippen LogP contribution in [-0.4, -0.2) is 32.6 Å². The normalized spacial score (nSPS) is 11.7. The van der Waals surface area contributed by atoms with E-state index in [1.165, 1.54) is 11.8 Å². The Hall–Kier alpha value is -4.23. The van der Waals surface area contributed by atoms with E-state index < -0.39 is 5.25 Å². The number of ether oxygens (including phenoxy) is 1. The molecule has 0 bridgehead atoms. The van der Waals surface area contributed by atoms with Crippen LogP contribution in [0.3, 0.4) is 0 Å². The number of hydrogen-bond donors (Lipinski definition) is 0. The molecule has 0 amide bonds. The molecule has 35 heavy (non-hydrogen) atoms. The number of rotatable bonds is 8. The molecule has 0 unspecified atom stereocenters. The summed E-state index contributed by atoms with van der Waals surface area (Å²) < 4.78 is 7.30. The number of aromatic nitrogens is 4. The second-order valence-corrected chi connectivity index (χ2v) is 8.79. The molecule has 5 rings (SSSR count). The number of thioether (sulfide) groups is 1. The van der Waals surface area contributed by atoms with Crippen LogP contribution in [0.2, 0.25) is 0 Å². The number of Topliss-reactive ketones (excluding diaryl/α,β-unsaturated/α-hetero) is 1. The summed E-state index contributed by atoms with van der Waals surface area (Å²) in [5.41, 5.74) is 3.30. The van der Waals surface area contributed by atoms with Gasteiger partial charge in [-0.3, -0.25) is 14.3 Å². The molecule has 0 spiro atoms. The maximum Gasteiger partial charge on any atom is 0.197 e. The van der Waals surface area contributed by atoms with Crippen LogP contribution in [0, 0.1) is 0 Å². The summed E-state index contributed by atoms with van der Waals surface area (Å²) >= 11 is 1.38. The molecule has 5 aromatic rings. The molecule has 1 atom stereocenters. The predicted octanol–water partition coefficient (Wildman–Crippen LogP) is 6.05. The highest BCUT2D eigenvalue weighted by Crippen LogP contribution is 2.39. The quantitative estimate of drug-likeness (QED) is 0.200. The van der Waals surface area contributed by atoms with E-state index in [-0.39, 0.29) is 5.78 Å². The van der Waals surface area contributed by atoms with E-state index in [1.54, 1.807) is 19.5 Å². The van der Waals surface area contributed by atoms with Crippen LogP contribution in [0.4, 0.5) is 0 Å². The van der Waals surface area contributed by atoms with Gasteiger partial charge in [0, 0.05) is 29.2 Å². The molecule has 0 radical (unpaired) electrons.